The maximum Gasteiger partial charge on any atom is 0.227 e. The molecular formula is C22H23ClFN3O3. The minimum atomic E-state index is -0.494. The van der Waals surface area contributed by atoms with Gasteiger partial charge in [-0.1, -0.05) is 23.7 Å². The van der Waals surface area contributed by atoms with Crippen LogP contribution in [0.15, 0.2) is 42.5 Å². The molecule has 30 heavy (non-hydrogen) atoms. The summed E-state index contributed by atoms with van der Waals surface area (Å²) < 4.78 is 19.5. The molecule has 6 nitrogen and oxygen atoms in total. The van der Waals surface area contributed by atoms with Crippen LogP contribution in [0, 0.1) is 11.7 Å². The highest BCUT2D eigenvalue weighted by molar-refractivity contribution is 6.31. The minimum absolute atomic E-state index is 0.0428. The Labute approximate surface area is 179 Å². The molecular weight excluding hydrogens is 409 g/mol. The lowest BCUT2D eigenvalue weighted by molar-refractivity contribution is -0.126. The Morgan fingerprint density at radius 3 is 2.77 bits per heavy atom. The number of rotatable bonds is 5. The van der Waals surface area contributed by atoms with Crippen molar-refractivity contribution < 1.29 is 18.7 Å². The van der Waals surface area contributed by atoms with Crippen molar-refractivity contribution in [3.63, 3.8) is 0 Å². The molecule has 1 N–H and O–H groups in total. The first-order valence-electron chi connectivity index (χ1n) is 9.90. The van der Waals surface area contributed by atoms with Crippen molar-refractivity contribution >= 4 is 34.8 Å². The zero-order valence-electron chi connectivity index (χ0n) is 16.6. The van der Waals surface area contributed by atoms with Crippen LogP contribution in [-0.2, 0) is 9.59 Å². The summed E-state index contributed by atoms with van der Waals surface area (Å²) >= 11 is 6.13. The van der Waals surface area contributed by atoms with Crippen LogP contribution >= 0.6 is 11.6 Å². The van der Waals surface area contributed by atoms with Gasteiger partial charge in [-0.3, -0.25) is 9.59 Å². The summed E-state index contributed by atoms with van der Waals surface area (Å²) in [4.78, 5) is 28.6. The van der Waals surface area contributed by atoms with Gasteiger partial charge in [0, 0.05) is 37.1 Å². The van der Waals surface area contributed by atoms with Gasteiger partial charge in [-0.25, -0.2) is 4.39 Å². The number of para-hydroxylation sites is 1. The van der Waals surface area contributed by atoms with Gasteiger partial charge in [-0.05, 0) is 36.8 Å². The number of hydrogen-bond acceptors (Lipinski definition) is 4. The van der Waals surface area contributed by atoms with E-state index in [2.05, 4.69) is 10.2 Å². The lowest BCUT2D eigenvalue weighted by Gasteiger charge is -2.22. The molecule has 2 aromatic rings. The van der Waals surface area contributed by atoms with Gasteiger partial charge in [0.1, 0.15) is 11.6 Å². The summed E-state index contributed by atoms with van der Waals surface area (Å²) in [5.74, 6) is -0.641. The smallest absolute Gasteiger partial charge is 0.227 e. The number of nitrogens with one attached hydrogen (secondary N) is 1. The highest BCUT2D eigenvalue weighted by atomic mass is 35.5. The summed E-state index contributed by atoms with van der Waals surface area (Å²) in [6, 6.07) is 11.5. The summed E-state index contributed by atoms with van der Waals surface area (Å²) in [5, 5.41) is 3.67. The number of anilines is 2. The second kappa shape index (κ2) is 8.52. The number of halogens is 2. The first-order chi connectivity index (χ1) is 14.5. The van der Waals surface area contributed by atoms with Gasteiger partial charge < -0.3 is 19.9 Å². The van der Waals surface area contributed by atoms with E-state index < -0.39 is 11.7 Å². The van der Waals surface area contributed by atoms with Crippen LogP contribution in [0.1, 0.15) is 12.8 Å². The van der Waals surface area contributed by atoms with Gasteiger partial charge in [0.25, 0.3) is 0 Å². The fraction of sp³-hybridized carbons (Fsp3) is 0.364. The summed E-state index contributed by atoms with van der Waals surface area (Å²) in [6.45, 7) is 1.57. The normalized spacial score (nSPS) is 21.2. The molecule has 0 bridgehead atoms. The molecule has 2 aliphatic rings. The Bertz CT molecular complexity index is 970. The highest BCUT2D eigenvalue weighted by Crippen LogP contribution is 2.33. The maximum atomic E-state index is 14.0. The zero-order valence-corrected chi connectivity index (χ0v) is 17.4. The third-order valence-corrected chi connectivity index (χ3v) is 5.89. The fourth-order valence-corrected chi connectivity index (χ4v) is 4.28. The fourth-order valence-electron chi connectivity index (χ4n) is 4.11. The minimum Gasteiger partial charge on any atom is -0.495 e. The van der Waals surface area contributed by atoms with Crippen molar-refractivity contribution in [1.82, 2.24) is 5.32 Å². The van der Waals surface area contributed by atoms with Crippen LogP contribution in [0.25, 0.3) is 0 Å². The standard InChI is InChI=1S/C22H23ClFN3O3/c1-30-20-7-6-15(23)11-19(20)26-9-8-16(13-26)25-22(29)14-10-21(28)27(12-14)18-5-3-2-4-17(18)24/h2-7,11,14,16H,8-10,12-13H2,1H3,(H,25,29)/t14-,16+/m1/s1. The van der Waals surface area contributed by atoms with Crippen LogP contribution in [0.4, 0.5) is 15.8 Å². The molecule has 2 amide bonds. The van der Waals surface area contributed by atoms with Gasteiger partial charge in [0.2, 0.25) is 11.8 Å². The second-order valence-corrected chi connectivity index (χ2v) is 8.05. The predicted molar refractivity (Wildman–Crippen MR) is 114 cm³/mol. The number of ether oxygens (including phenoxy) is 1. The van der Waals surface area contributed by atoms with Gasteiger partial charge in [0.15, 0.2) is 0 Å². The van der Waals surface area contributed by atoms with Crippen molar-refractivity contribution in [2.45, 2.75) is 18.9 Å². The molecule has 2 saturated heterocycles. The Balaban J connectivity index is 1.38. The number of benzene rings is 2. The van der Waals surface area contributed by atoms with Crippen molar-refractivity contribution in [3.05, 3.63) is 53.3 Å². The summed E-state index contributed by atoms with van der Waals surface area (Å²) in [6.07, 6.45) is 0.859. The summed E-state index contributed by atoms with van der Waals surface area (Å²) in [7, 11) is 1.61. The quantitative estimate of drug-likeness (QED) is 0.789. The Hall–Kier alpha value is -2.80. The molecule has 2 atom stereocenters. The van der Waals surface area contributed by atoms with Crippen molar-refractivity contribution in [2.24, 2.45) is 5.92 Å². The van der Waals surface area contributed by atoms with E-state index in [1.807, 2.05) is 12.1 Å². The number of carbonyl (C=O) groups is 2. The molecule has 2 heterocycles. The van der Waals surface area contributed by atoms with Crippen LogP contribution < -0.4 is 19.9 Å². The monoisotopic (exact) mass is 431 g/mol. The first-order valence-corrected chi connectivity index (χ1v) is 10.3. The maximum absolute atomic E-state index is 14.0. The Kier molecular flexibility index (Phi) is 5.81. The van der Waals surface area contributed by atoms with Gasteiger partial charge in [-0.15, -0.1) is 0 Å². The van der Waals surface area contributed by atoms with Gasteiger partial charge >= 0.3 is 0 Å². The molecule has 8 heteroatoms. The van der Waals surface area contributed by atoms with E-state index in [9.17, 15) is 14.0 Å². The molecule has 0 aliphatic carbocycles. The van der Waals surface area contributed by atoms with E-state index in [4.69, 9.17) is 16.3 Å². The second-order valence-electron chi connectivity index (χ2n) is 7.61. The summed E-state index contributed by atoms with van der Waals surface area (Å²) in [5.41, 5.74) is 1.11. The van der Waals surface area contributed by atoms with Crippen molar-refractivity contribution in [1.29, 1.82) is 0 Å². The molecule has 2 aromatic carbocycles. The average molecular weight is 432 g/mol. The number of carbonyl (C=O) groups excluding carboxylic acids is 2. The van der Waals surface area contributed by atoms with Crippen LogP contribution in [0.3, 0.4) is 0 Å². The average Bonchev–Trinajstić information content (AvgIpc) is 3.35. The number of hydrogen-bond donors (Lipinski definition) is 1. The molecule has 2 fully saturated rings. The Morgan fingerprint density at radius 1 is 1.20 bits per heavy atom. The SMILES string of the molecule is COc1ccc(Cl)cc1N1CC[C@H](NC(=O)[C@@H]2CC(=O)N(c3ccccc3F)C2)C1. The van der Waals surface area contributed by atoms with E-state index in [1.54, 1.807) is 31.4 Å². The van der Waals surface area contributed by atoms with E-state index in [-0.39, 0.29) is 36.5 Å². The first kappa shape index (κ1) is 20.5. The molecule has 0 aromatic heterocycles. The molecule has 0 spiro atoms. The van der Waals surface area contributed by atoms with Gasteiger partial charge in [-0.2, -0.15) is 0 Å². The van der Waals surface area contributed by atoms with Crippen molar-refractivity contribution in [2.75, 3.05) is 36.5 Å². The van der Waals surface area contributed by atoms with E-state index in [1.165, 1.54) is 11.0 Å². The third-order valence-electron chi connectivity index (χ3n) is 5.66. The van der Waals surface area contributed by atoms with Crippen LogP contribution in [0.2, 0.25) is 5.02 Å². The third kappa shape index (κ3) is 4.07. The van der Waals surface area contributed by atoms with Crippen LogP contribution in [-0.4, -0.2) is 44.6 Å². The van der Waals surface area contributed by atoms with Crippen molar-refractivity contribution in [3.8, 4) is 5.75 Å². The predicted octanol–water partition coefficient (Wildman–Crippen LogP) is 3.24. The van der Waals surface area contributed by atoms with Crippen LogP contribution in [0.5, 0.6) is 5.75 Å². The van der Waals surface area contributed by atoms with E-state index >= 15 is 0 Å². The van der Waals surface area contributed by atoms with E-state index in [0.717, 1.165) is 24.4 Å². The topological polar surface area (TPSA) is 61.9 Å². The molecule has 158 valence electrons. The molecule has 2 aliphatic heterocycles. The number of methoxy groups -OCH3 is 1. The lowest BCUT2D eigenvalue weighted by atomic mass is 10.1. The zero-order chi connectivity index (χ0) is 21.3. The van der Waals surface area contributed by atoms with E-state index in [0.29, 0.717) is 11.6 Å². The molecule has 0 radical (unpaired) electrons. The largest absolute Gasteiger partial charge is 0.495 e. The Morgan fingerprint density at radius 2 is 2.00 bits per heavy atom. The molecule has 0 unspecified atom stereocenters. The highest BCUT2D eigenvalue weighted by Gasteiger charge is 2.37. The molecule has 4 rings (SSSR count). The van der Waals surface area contributed by atoms with Gasteiger partial charge in [0.05, 0.1) is 24.4 Å². The number of nitrogens with zero attached hydrogens (tertiary/aromatic N) is 2. The lowest BCUT2D eigenvalue weighted by Crippen LogP contribution is -2.41. The molecule has 0 saturated carbocycles. The number of amides is 2.